The van der Waals surface area contributed by atoms with Crippen molar-refractivity contribution in [3.63, 3.8) is 0 Å². The second-order valence-electron chi connectivity index (χ2n) is 20.5. The number of methoxy groups -OCH3 is 2. The van der Waals surface area contributed by atoms with Crippen molar-refractivity contribution in [3.05, 3.63) is 299 Å². The molecular weight excluding hydrogens is 1060 g/mol. The van der Waals surface area contributed by atoms with Gasteiger partial charge in [-0.1, -0.05) is 158 Å². The maximum absolute atomic E-state index is 13.7. The predicted molar refractivity (Wildman–Crippen MR) is 353 cm³/mol. The number of esters is 2. The number of hydrogen-bond donors (Lipinski definition) is 2. The number of benzene rings is 8. The van der Waals surface area contributed by atoms with Crippen molar-refractivity contribution < 1.29 is 19.1 Å². The van der Waals surface area contributed by atoms with Crippen LogP contribution in [0.2, 0.25) is 0 Å². The summed E-state index contributed by atoms with van der Waals surface area (Å²) >= 11 is 0. The third-order valence-corrected chi connectivity index (χ3v) is 15.3. The van der Waals surface area contributed by atoms with Gasteiger partial charge in [0.25, 0.3) is 0 Å². The Bertz CT molecular complexity index is 4250. The molecule has 0 radical (unpaired) electrons. The Morgan fingerprint density at radius 1 is 0.337 bits per heavy atom. The van der Waals surface area contributed by atoms with Gasteiger partial charge in [0, 0.05) is 89.6 Å². The highest BCUT2D eigenvalue weighted by atomic mass is 16.5. The fourth-order valence-corrected chi connectivity index (χ4v) is 11.2. The number of H-pyrrole nitrogens is 2. The van der Waals surface area contributed by atoms with E-state index in [1.54, 1.807) is 12.1 Å². The van der Waals surface area contributed by atoms with Crippen molar-refractivity contribution in [2.24, 2.45) is 0 Å². The Morgan fingerprint density at radius 2 is 0.640 bits per heavy atom. The van der Waals surface area contributed by atoms with Gasteiger partial charge in [-0.2, -0.15) is 0 Å². The van der Waals surface area contributed by atoms with Crippen LogP contribution in [-0.4, -0.2) is 46.1 Å². The average molecular weight is 1120 g/mol. The summed E-state index contributed by atoms with van der Waals surface area (Å²) in [5.74, 6) is -0.943. The van der Waals surface area contributed by atoms with Crippen molar-refractivity contribution in [1.82, 2.24) is 19.9 Å². The lowest BCUT2D eigenvalue weighted by Gasteiger charge is -2.25. The van der Waals surface area contributed by atoms with E-state index in [1.807, 2.05) is 158 Å². The molecule has 5 heterocycles. The summed E-state index contributed by atoms with van der Waals surface area (Å²) in [6.45, 7) is 0. The molecule has 8 aromatic carbocycles. The average Bonchev–Trinajstić information content (AvgIpc) is 1.92. The number of ether oxygens (including phenoxy) is 2. The van der Waals surface area contributed by atoms with Gasteiger partial charge in [-0.15, -0.1) is 0 Å². The third kappa shape index (κ3) is 10.8. The number of nitrogens with zero attached hydrogens (tertiary/aromatic N) is 4. The van der Waals surface area contributed by atoms with Crippen LogP contribution in [0.3, 0.4) is 0 Å². The minimum atomic E-state index is -0.472. The quantitative estimate of drug-likeness (QED) is 0.103. The number of anilines is 6. The number of aromatic nitrogens is 4. The van der Waals surface area contributed by atoms with Crippen LogP contribution in [0, 0.1) is 0 Å². The van der Waals surface area contributed by atoms with Crippen LogP contribution in [0.1, 0.15) is 65.7 Å². The van der Waals surface area contributed by atoms with Crippen LogP contribution in [0.15, 0.2) is 243 Å². The summed E-state index contributed by atoms with van der Waals surface area (Å²) in [6.07, 6.45) is 16.3. The van der Waals surface area contributed by atoms with Gasteiger partial charge in [0.1, 0.15) is 0 Å². The molecule has 10 nitrogen and oxygen atoms in total. The zero-order valence-corrected chi connectivity index (χ0v) is 47.1. The first-order chi connectivity index (χ1) is 42.4. The number of fused-ring (bicyclic) bond motifs is 8. The molecule has 0 fully saturated rings. The summed E-state index contributed by atoms with van der Waals surface area (Å²) in [4.78, 5) is 50.3. The van der Waals surface area contributed by atoms with Gasteiger partial charge in [-0.25, -0.2) is 19.6 Å². The number of rotatable bonds is 14. The van der Waals surface area contributed by atoms with Gasteiger partial charge in [0.2, 0.25) is 0 Å². The van der Waals surface area contributed by atoms with Gasteiger partial charge in [0.05, 0.1) is 48.1 Å². The molecule has 13 rings (SSSR count). The first-order valence-electron chi connectivity index (χ1n) is 28.3. The van der Waals surface area contributed by atoms with Gasteiger partial charge >= 0.3 is 11.9 Å². The highest BCUT2D eigenvalue weighted by Crippen LogP contribution is 2.40. The van der Waals surface area contributed by atoms with E-state index in [2.05, 4.69) is 141 Å². The first-order valence-corrected chi connectivity index (χ1v) is 28.3. The number of carbonyl (C=O) groups excluding carboxylic acids is 2. The molecule has 8 bridgehead atoms. The summed E-state index contributed by atoms with van der Waals surface area (Å²) in [7, 11) is 2.79. The van der Waals surface area contributed by atoms with Gasteiger partial charge in [-0.3, -0.25) is 0 Å². The molecule has 2 aliphatic heterocycles. The van der Waals surface area contributed by atoms with Gasteiger partial charge < -0.3 is 29.2 Å². The molecule has 11 aromatic rings. The molecular formula is C76H56N6O4. The van der Waals surface area contributed by atoms with Crippen molar-refractivity contribution in [2.45, 2.75) is 0 Å². The van der Waals surface area contributed by atoms with Crippen LogP contribution in [0.4, 0.5) is 34.1 Å². The molecule has 2 N–H and O–H groups in total. The molecule has 10 heteroatoms. The van der Waals surface area contributed by atoms with E-state index in [0.29, 0.717) is 56.2 Å². The van der Waals surface area contributed by atoms with E-state index in [9.17, 15) is 9.59 Å². The second kappa shape index (κ2) is 24.1. The molecule has 0 aliphatic carbocycles. The zero-order chi connectivity index (χ0) is 58.3. The lowest BCUT2D eigenvalue weighted by molar-refractivity contribution is 0.0592. The largest absolute Gasteiger partial charge is 0.465 e. The lowest BCUT2D eigenvalue weighted by Crippen LogP contribution is -2.09. The number of hydrogen-bond acceptors (Lipinski definition) is 8. The summed E-state index contributed by atoms with van der Waals surface area (Å²) in [6, 6.07) is 81.3. The highest BCUT2D eigenvalue weighted by molar-refractivity contribution is 6.05. The smallest absolute Gasteiger partial charge is 0.338 e. The summed E-state index contributed by atoms with van der Waals surface area (Å²) in [5.41, 5.74) is 18.8. The Labute approximate surface area is 498 Å². The maximum atomic E-state index is 13.7. The standard InChI is InChI=1S/C76H56N6O4/c1-85-75(83)61-29-17-15-27-59(61)73-69-47-43-65(77-69)63(41-35-51-31-37-57(38-32-51)81(53-19-7-3-8-20-53)54-21-9-4-10-22-54)67-45-49-71(79-67)74(60-28-16-18-30-62(60)76(84)86-2)72-50-46-68(80-72)64(66-44-48-70(73)78-66)42-36-52-33-39-58(40-34-52)82(55-23-11-5-12-24-55)56-25-13-6-14-26-56/h3-50,77,80H,1-2H3/b41-35+,42-36+,65-63?,66-64?,67-63?,68-64?,73-69?,73-70?,74-71?,74-72?. The van der Waals surface area contributed by atoms with Crippen molar-refractivity contribution in [3.8, 4) is 22.3 Å². The van der Waals surface area contributed by atoms with Crippen molar-refractivity contribution in [1.29, 1.82) is 0 Å². The predicted octanol–water partition coefficient (Wildman–Crippen LogP) is 18.8. The number of nitrogens with one attached hydrogen (secondary N) is 2. The minimum Gasteiger partial charge on any atom is -0.465 e. The van der Waals surface area contributed by atoms with E-state index < -0.39 is 11.9 Å². The highest BCUT2D eigenvalue weighted by Gasteiger charge is 2.23. The number of aromatic amines is 2. The molecule has 3 aromatic heterocycles. The van der Waals surface area contributed by atoms with Crippen molar-refractivity contribution >= 4 is 117 Å². The normalized spacial score (nSPS) is 11.7. The molecule has 2 aliphatic rings. The molecule has 86 heavy (non-hydrogen) atoms. The Hall–Kier alpha value is -11.6. The molecule has 0 saturated carbocycles. The molecule has 414 valence electrons. The van der Waals surface area contributed by atoms with Gasteiger partial charge in [-0.05, 0) is 145 Å². The molecule has 0 spiro atoms. The molecule has 0 amide bonds. The van der Waals surface area contributed by atoms with Crippen LogP contribution in [0.5, 0.6) is 0 Å². The first kappa shape index (κ1) is 53.7. The minimum absolute atomic E-state index is 0.392. The molecule has 0 atom stereocenters. The third-order valence-electron chi connectivity index (χ3n) is 15.3. The monoisotopic (exact) mass is 1120 g/mol. The second-order valence-corrected chi connectivity index (χ2v) is 20.5. The topological polar surface area (TPSA) is 116 Å². The van der Waals surface area contributed by atoms with Crippen LogP contribution in [-0.2, 0) is 9.47 Å². The van der Waals surface area contributed by atoms with Crippen LogP contribution in [0.25, 0.3) is 92.9 Å². The number of para-hydroxylation sites is 4. The van der Waals surface area contributed by atoms with E-state index in [0.717, 1.165) is 78.4 Å². The summed E-state index contributed by atoms with van der Waals surface area (Å²) in [5, 5.41) is 0. The SMILES string of the molecule is COC(=O)c1ccccc1-c1c2nc(c(/C=C/c3ccc(N(c4ccccc4)c4ccccc4)cc3)c3ccc([nH]3)c(-c3ccccc3C(=O)OC)c3nc(c(/C=C/c4ccc(N(c5ccccc5)c5ccccc5)cc4)c4ccc1[nH]4)C=C3)C=C2. The Kier molecular flexibility index (Phi) is 15.0. The maximum Gasteiger partial charge on any atom is 0.338 e. The molecule has 0 unspecified atom stereocenters. The van der Waals surface area contributed by atoms with Crippen molar-refractivity contribution in [2.75, 3.05) is 24.0 Å². The van der Waals surface area contributed by atoms with Crippen LogP contribution >= 0.6 is 0 Å². The van der Waals surface area contributed by atoms with E-state index in [4.69, 9.17) is 19.4 Å². The fraction of sp³-hybridized carbons (Fsp3) is 0.0263. The van der Waals surface area contributed by atoms with Crippen LogP contribution < -0.4 is 9.80 Å². The summed E-state index contributed by atoms with van der Waals surface area (Å²) < 4.78 is 10.8. The molecule has 0 saturated heterocycles. The Morgan fingerprint density at radius 3 is 0.988 bits per heavy atom. The zero-order valence-electron chi connectivity index (χ0n) is 47.1. The van der Waals surface area contributed by atoms with E-state index >= 15 is 0 Å². The lowest BCUT2D eigenvalue weighted by atomic mass is 9.98. The fourth-order valence-electron chi connectivity index (χ4n) is 11.2. The number of carbonyl (C=O) groups is 2. The van der Waals surface area contributed by atoms with Gasteiger partial charge in [0.15, 0.2) is 0 Å². The Balaban J connectivity index is 1.01. The van der Waals surface area contributed by atoms with E-state index in [-0.39, 0.29) is 0 Å². The van der Waals surface area contributed by atoms with E-state index in [1.165, 1.54) is 14.2 Å².